The number of hydrogen-bond acceptors (Lipinski definition) is 9. The number of thiophene rings is 1. The molecule has 0 bridgehead atoms. The van der Waals surface area contributed by atoms with E-state index in [-0.39, 0.29) is 23.2 Å². The van der Waals surface area contributed by atoms with Crippen molar-refractivity contribution in [2.45, 2.75) is 11.1 Å². The summed E-state index contributed by atoms with van der Waals surface area (Å²) in [6, 6.07) is 7.45. The number of carbonyl (C=O) groups is 1. The lowest BCUT2D eigenvalue weighted by Crippen LogP contribution is -2.49. The monoisotopic (exact) mass is 527 g/mol. The van der Waals surface area contributed by atoms with E-state index in [1.807, 2.05) is 18.2 Å². The highest BCUT2D eigenvalue weighted by molar-refractivity contribution is 7.91. The molecule has 2 aliphatic heterocycles. The molecule has 188 valence electrons. The zero-order chi connectivity index (χ0) is 24.9. The fourth-order valence-corrected chi connectivity index (χ4v) is 7.66. The molecule has 5 heterocycles. The Labute approximate surface area is 211 Å². The van der Waals surface area contributed by atoms with Crippen molar-refractivity contribution in [1.82, 2.24) is 29.4 Å². The summed E-state index contributed by atoms with van der Waals surface area (Å²) in [7, 11) is -3.74. The van der Waals surface area contributed by atoms with Crippen LogP contribution in [0.3, 0.4) is 0 Å². The van der Waals surface area contributed by atoms with Gasteiger partial charge >= 0.3 is 0 Å². The highest BCUT2D eigenvalue weighted by Gasteiger charge is 2.32. The predicted octanol–water partition coefficient (Wildman–Crippen LogP) is 1.92. The van der Waals surface area contributed by atoms with Crippen molar-refractivity contribution in [3.05, 3.63) is 30.5 Å². The molecule has 11 nitrogen and oxygen atoms in total. The number of benzene rings is 1. The van der Waals surface area contributed by atoms with E-state index in [0.717, 1.165) is 21.2 Å². The molecule has 0 aliphatic carbocycles. The third-order valence-corrected chi connectivity index (χ3v) is 10.1. The minimum atomic E-state index is -3.74. The Morgan fingerprint density at radius 3 is 2.61 bits per heavy atom. The normalized spacial score (nSPS) is 17.8. The molecule has 1 aromatic carbocycles. The van der Waals surface area contributed by atoms with Gasteiger partial charge in [0.2, 0.25) is 5.91 Å². The molecular weight excluding hydrogens is 502 g/mol. The van der Waals surface area contributed by atoms with Crippen LogP contribution < -0.4 is 4.90 Å². The fraction of sp³-hybridized carbons (Fsp3) is 0.391. The molecule has 0 spiro atoms. The lowest BCUT2D eigenvalue weighted by atomic mass is 10.1. The SMILES string of the molecule is CC(=O)N1CCN(S(=O)(=O)c2cc3nc(-c4cccc5[nH]ncc45)nc(N4CCOCC4)c3s2)CC1. The van der Waals surface area contributed by atoms with Crippen molar-refractivity contribution in [2.24, 2.45) is 0 Å². The Bertz CT molecular complexity index is 1550. The molecule has 1 amide bonds. The molecule has 4 aromatic rings. The number of carbonyl (C=O) groups excluding carboxylic acids is 1. The van der Waals surface area contributed by atoms with Crippen molar-refractivity contribution in [3.8, 4) is 11.4 Å². The van der Waals surface area contributed by atoms with E-state index in [1.165, 1.54) is 22.6 Å². The summed E-state index contributed by atoms with van der Waals surface area (Å²) in [4.78, 5) is 25.2. The number of ether oxygens (including phenoxy) is 1. The van der Waals surface area contributed by atoms with Gasteiger partial charge in [-0.15, -0.1) is 11.3 Å². The van der Waals surface area contributed by atoms with Crippen LogP contribution in [0, 0.1) is 0 Å². The van der Waals surface area contributed by atoms with Gasteiger partial charge in [-0.2, -0.15) is 9.40 Å². The maximum Gasteiger partial charge on any atom is 0.252 e. The van der Waals surface area contributed by atoms with E-state index >= 15 is 0 Å². The smallest absolute Gasteiger partial charge is 0.252 e. The number of amides is 1. The Balaban J connectivity index is 1.45. The number of nitrogens with one attached hydrogen (secondary N) is 1. The molecule has 3 aromatic heterocycles. The average Bonchev–Trinajstić information content (AvgIpc) is 3.56. The fourth-order valence-electron chi connectivity index (χ4n) is 4.66. The number of hydrogen-bond donors (Lipinski definition) is 1. The number of aromatic nitrogens is 4. The first kappa shape index (κ1) is 23.3. The van der Waals surface area contributed by atoms with E-state index in [4.69, 9.17) is 14.7 Å². The molecule has 0 saturated carbocycles. The van der Waals surface area contributed by atoms with Gasteiger partial charge < -0.3 is 14.5 Å². The number of sulfonamides is 1. The maximum absolute atomic E-state index is 13.6. The Morgan fingerprint density at radius 1 is 1.08 bits per heavy atom. The van der Waals surface area contributed by atoms with Gasteiger partial charge in [-0.05, 0) is 12.1 Å². The minimum absolute atomic E-state index is 0.0421. The second kappa shape index (κ2) is 9.07. The Kier molecular flexibility index (Phi) is 5.86. The van der Waals surface area contributed by atoms with Crippen molar-refractivity contribution in [2.75, 3.05) is 57.4 Å². The van der Waals surface area contributed by atoms with Crippen LogP contribution in [0.4, 0.5) is 5.82 Å². The number of piperazine rings is 1. The lowest BCUT2D eigenvalue weighted by molar-refractivity contribution is -0.129. The third kappa shape index (κ3) is 4.01. The number of morpholine rings is 1. The van der Waals surface area contributed by atoms with E-state index < -0.39 is 10.0 Å². The van der Waals surface area contributed by atoms with Gasteiger partial charge in [0.25, 0.3) is 10.0 Å². The van der Waals surface area contributed by atoms with Crippen LogP contribution in [0.2, 0.25) is 0 Å². The van der Waals surface area contributed by atoms with Crippen LogP contribution in [-0.2, 0) is 19.6 Å². The molecule has 1 N–H and O–H groups in total. The lowest BCUT2D eigenvalue weighted by Gasteiger charge is -2.33. The van der Waals surface area contributed by atoms with Crippen LogP contribution in [0.25, 0.3) is 32.5 Å². The number of anilines is 1. The summed E-state index contributed by atoms with van der Waals surface area (Å²) in [6.07, 6.45) is 1.75. The van der Waals surface area contributed by atoms with E-state index in [0.29, 0.717) is 56.6 Å². The zero-order valence-electron chi connectivity index (χ0n) is 19.7. The number of aromatic amines is 1. The van der Waals surface area contributed by atoms with Crippen molar-refractivity contribution < 1.29 is 17.9 Å². The topological polar surface area (TPSA) is 125 Å². The third-order valence-electron chi connectivity index (χ3n) is 6.65. The second-order valence-electron chi connectivity index (χ2n) is 8.80. The van der Waals surface area contributed by atoms with Crippen LogP contribution in [0.15, 0.2) is 34.7 Å². The molecule has 6 rings (SSSR count). The molecule has 0 atom stereocenters. The van der Waals surface area contributed by atoms with Gasteiger partial charge in [0.15, 0.2) is 11.6 Å². The Morgan fingerprint density at radius 2 is 1.86 bits per heavy atom. The second-order valence-corrected chi connectivity index (χ2v) is 12.0. The zero-order valence-corrected chi connectivity index (χ0v) is 21.3. The summed E-state index contributed by atoms with van der Waals surface area (Å²) in [6.45, 7) is 5.29. The van der Waals surface area contributed by atoms with Gasteiger partial charge in [-0.25, -0.2) is 18.4 Å². The molecule has 36 heavy (non-hydrogen) atoms. The van der Waals surface area contributed by atoms with Gasteiger partial charge in [0, 0.05) is 57.1 Å². The first-order valence-corrected chi connectivity index (χ1v) is 14.0. The predicted molar refractivity (Wildman–Crippen MR) is 137 cm³/mol. The van der Waals surface area contributed by atoms with Crippen molar-refractivity contribution in [3.63, 3.8) is 0 Å². The van der Waals surface area contributed by atoms with Crippen LogP contribution in [0.1, 0.15) is 6.92 Å². The number of H-pyrrole nitrogens is 1. The highest BCUT2D eigenvalue weighted by Crippen LogP contribution is 2.38. The summed E-state index contributed by atoms with van der Waals surface area (Å²) in [5, 5.41) is 8.03. The number of nitrogens with zero attached hydrogens (tertiary/aromatic N) is 6. The van der Waals surface area contributed by atoms with E-state index in [2.05, 4.69) is 15.1 Å². The number of rotatable bonds is 4. The van der Waals surface area contributed by atoms with Crippen LogP contribution in [0.5, 0.6) is 0 Å². The molecular formula is C23H25N7O4S2. The molecule has 2 aliphatic rings. The van der Waals surface area contributed by atoms with Gasteiger partial charge in [-0.1, -0.05) is 12.1 Å². The Hall–Kier alpha value is -3.13. The minimum Gasteiger partial charge on any atom is -0.378 e. The summed E-state index contributed by atoms with van der Waals surface area (Å²) in [5.41, 5.74) is 2.30. The molecule has 0 radical (unpaired) electrons. The summed E-state index contributed by atoms with van der Waals surface area (Å²) < 4.78 is 35.1. The average molecular weight is 528 g/mol. The molecule has 13 heteroatoms. The number of fused-ring (bicyclic) bond motifs is 2. The van der Waals surface area contributed by atoms with Gasteiger partial charge in [-0.3, -0.25) is 9.89 Å². The molecule has 0 unspecified atom stereocenters. The first-order valence-electron chi connectivity index (χ1n) is 11.7. The first-order chi connectivity index (χ1) is 17.4. The summed E-state index contributed by atoms with van der Waals surface area (Å²) in [5.74, 6) is 1.19. The van der Waals surface area contributed by atoms with Crippen LogP contribution >= 0.6 is 11.3 Å². The maximum atomic E-state index is 13.6. The van der Waals surface area contributed by atoms with E-state index in [1.54, 1.807) is 17.2 Å². The quantitative estimate of drug-likeness (QED) is 0.427. The van der Waals surface area contributed by atoms with Crippen LogP contribution in [-0.4, -0.2) is 96.2 Å². The standard InChI is InChI=1S/C23H25N7O4S2/c1-15(31)28-5-7-30(8-6-28)36(32,33)20-13-19-21(35-20)23(29-9-11-34-12-10-29)26-22(25-19)16-3-2-4-18-17(16)14-24-27-18/h2-4,13-14H,5-12H2,1H3,(H,24,27). The molecule has 2 fully saturated rings. The van der Waals surface area contributed by atoms with Gasteiger partial charge in [0.1, 0.15) is 4.21 Å². The highest BCUT2D eigenvalue weighted by atomic mass is 32.2. The van der Waals surface area contributed by atoms with Gasteiger partial charge in [0.05, 0.1) is 35.1 Å². The van der Waals surface area contributed by atoms with E-state index in [9.17, 15) is 13.2 Å². The van der Waals surface area contributed by atoms with Crippen molar-refractivity contribution in [1.29, 1.82) is 0 Å². The summed E-state index contributed by atoms with van der Waals surface area (Å²) >= 11 is 1.20. The molecule has 2 saturated heterocycles. The largest absolute Gasteiger partial charge is 0.378 e. The van der Waals surface area contributed by atoms with Crippen molar-refractivity contribution >= 4 is 54.2 Å².